The van der Waals surface area contributed by atoms with E-state index in [0.717, 1.165) is 4.60 Å². The fourth-order valence-electron chi connectivity index (χ4n) is 0.371. The average molecular weight is 337 g/mol. The zero-order valence-corrected chi connectivity index (χ0v) is 10.2. The molecule has 1 heterocycles. The van der Waals surface area contributed by atoms with Gasteiger partial charge in [0.15, 0.2) is 6.20 Å². The minimum Gasteiger partial charge on any atom is -1.00 e. The molecule has 0 unspecified atom stereocenters. The third-order valence-corrected chi connectivity index (χ3v) is 1.16. The van der Waals surface area contributed by atoms with Crippen LogP contribution < -0.4 is 22.0 Å². The van der Waals surface area contributed by atoms with Crippen molar-refractivity contribution in [3.05, 3.63) is 29.0 Å². The van der Waals surface area contributed by atoms with E-state index < -0.39 is 10.4 Å². The van der Waals surface area contributed by atoms with Crippen molar-refractivity contribution in [3.8, 4) is 0 Å². The monoisotopic (exact) mass is 335 g/mol. The molecule has 0 saturated heterocycles. The van der Waals surface area contributed by atoms with Crippen molar-refractivity contribution in [1.82, 2.24) is 0 Å². The Hall–Kier alpha value is -0.0200. The van der Waals surface area contributed by atoms with Crippen LogP contribution in [0.5, 0.6) is 0 Å². The van der Waals surface area contributed by atoms with Crippen LogP contribution in [0, 0.1) is 0 Å². The second kappa shape index (κ2) is 7.39. The highest BCUT2D eigenvalue weighted by molar-refractivity contribution is 9.10. The SMILES string of the molecule is Brc1cccc[nH+]1.O=S(=O)(O)O.[Br-]. The van der Waals surface area contributed by atoms with Crippen molar-refractivity contribution in [2.75, 3.05) is 0 Å². The standard InChI is InChI=1S/C5H4BrN.BrH.H2O4S/c6-5-3-1-2-4-7-5;;1-5(2,3)4/h1-4H;1H;(H2,1,2,3,4). The highest BCUT2D eigenvalue weighted by Gasteiger charge is 1.85. The summed E-state index contributed by atoms with van der Waals surface area (Å²) in [7, 11) is -4.67. The molecule has 3 N–H and O–H groups in total. The Balaban J connectivity index is 0. The molecule has 8 heteroatoms. The lowest BCUT2D eigenvalue weighted by Crippen LogP contribution is -3.00. The molecule has 13 heavy (non-hydrogen) atoms. The first kappa shape index (κ1) is 15.5. The van der Waals surface area contributed by atoms with E-state index in [9.17, 15) is 0 Å². The summed E-state index contributed by atoms with van der Waals surface area (Å²) in [6.45, 7) is 0. The Labute approximate surface area is 94.7 Å². The van der Waals surface area contributed by atoms with Crippen molar-refractivity contribution < 1.29 is 39.5 Å². The van der Waals surface area contributed by atoms with Gasteiger partial charge in [-0.1, -0.05) is 0 Å². The van der Waals surface area contributed by atoms with Crippen LogP contribution in [-0.2, 0) is 10.4 Å². The fraction of sp³-hybridized carbons (Fsp3) is 0. The maximum absolute atomic E-state index is 8.74. The molecule has 0 amide bonds. The van der Waals surface area contributed by atoms with Gasteiger partial charge in [-0.25, -0.2) is 4.98 Å². The predicted molar refractivity (Wildman–Crippen MR) is 44.9 cm³/mol. The summed E-state index contributed by atoms with van der Waals surface area (Å²) in [5.41, 5.74) is 0. The van der Waals surface area contributed by atoms with Crippen LogP contribution >= 0.6 is 15.9 Å². The Morgan fingerprint density at radius 2 is 1.77 bits per heavy atom. The number of H-pyrrole nitrogens is 1. The summed E-state index contributed by atoms with van der Waals surface area (Å²) in [6.07, 6.45) is 1.87. The van der Waals surface area contributed by atoms with Crippen LogP contribution in [0.4, 0.5) is 0 Å². The number of aromatic amines is 1. The Morgan fingerprint density at radius 3 is 1.92 bits per heavy atom. The van der Waals surface area contributed by atoms with Gasteiger partial charge in [0.2, 0.25) is 4.60 Å². The van der Waals surface area contributed by atoms with Crippen molar-refractivity contribution in [2.45, 2.75) is 0 Å². The smallest absolute Gasteiger partial charge is 0.394 e. The second-order valence-electron chi connectivity index (χ2n) is 1.66. The van der Waals surface area contributed by atoms with Gasteiger partial charge in [-0.3, -0.25) is 9.11 Å². The first-order valence-electron chi connectivity index (χ1n) is 2.71. The van der Waals surface area contributed by atoms with Crippen LogP contribution in [0.3, 0.4) is 0 Å². The minimum atomic E-state index is -4.67. The number of aromatic nitrogens is 1. The molecule has 0 radical (unpaired) electrons. The number of rotatable bonds is 0. The molecule has 0 atom stereocenters. The molecule has 0 spiro atoms. The first-order valence-corrected chi connectivity index (χ1v) is 4.90. The lowest BCUT2D eigenvalue weighted by atomic mass is 10.5. The Bertz CT molecular complexity index is 307. The molecule has 1 aromatic heterocycles. The van der Waals surface area contributed by atoms with Crippen molar-refractivity contribution in [3.63, 3.8) is 0 Å². The lowest BCUT2D eigenvalue weighted by molar-refractivity contribution is -0.392. The largest absolute Gasteiger partial charge is 1.00 e. The van der Waals surface area contributed by atoms with E-state index in [1.165, 1.54) is 0 Å². The highest BCUT2D eigenvalue weighted by Crippen LogP contribution is 1.95. The molecule has 0 aliphatic rings. The molecule has 0 fully saturated rings. The van der Waals surface area contributed by atoms with E-state index in [0.29, 0.717) is 0 Å². The van der Waals surface area contributed by atoms with Gasteiger partial charge >= 0.3 is 10.4 Å². The van der Waals surface area contributed by atoms with Gasteiger partial charge in [0, 0.05) is 28.1 Å². The van der Waals surface area contributed by atoms with Crippen molar-refractivity contribution in [2.24, 2.45) is 0 Å². The van der Waals surface area contributed by atoms with Gasteiger partial charge < -0.3 is 17.0 Å². The van der Waals surface area contributed by atoms with Crippen LogP contribution in [-0.4, -0.2) is 17.5 Å². The van der Waals surface area contributed by atoms with E-state index in [4.69, 9.17) is 17.5 Å². The first-order chi connectivity index (χ1) is 5.39. The quantitative estimate of drug-likeness (QED) is 0.409. The maximum atomic E-state index is 8.74. The topological polar surface area (TPSA) is 88.7 Å². The van der Waals surface area contributed by atoms with Crippen LogP contribution in [0.15, 0.2) is 29.0 Å². The number of hydrogen-bond acceptors (Lipinski definition) is 2. The summed E-state index contributed by atoms with van der Waals surface area (Å²) in [6, 6.07) is 5.84. The van der Waals surface area contributed by atoms with Gasteiger partial charge in [-0.2, -0.15) is 8.42 Å². The summed E-state index contributed by atoms with van der Waals surface area (Å²) >= 11 is 3.26. The molecular formula is C5H7Br2NO4S. The molecule has 76 valence electrons. The van der Waals surface area contributed by atoms with Crippen molar-refractivity contribution in [1.29, 1.82) is 0 Å². The molecule has 0 aromatic carbocycles. The highest BCUT2D eigenvalue weighted by atomic mass is 79.9. The third-order valence-electron chi connectivity index (χ3n) is 0.671. The molecule has 0 saturated carbocycles. The van der Waals surface area contributed by atoms with E-state index >= 15 is 0 Å². The lowest BCUT2D eigenvalue weighted by Gasteiger charge is -1.72. The number of pyridine rings is 1. The van der Waals surface area contributed by atoms with E-state index in [-0.39, 0.29) is 17.0 Å². The summed E-state index contributed by atoms with van der Waals surface area (Å²) < 4.78 is 32.6. The van der Waals surface area contributed by atoms with Crippen molar-refractivity contribution >= 4 is 26.3 Å². The Morgan fingerprint density at radius 1 is 1.31 bits per heavy atom. The predicted octanol–water partition coefficient (Wildman–Crippen LogP) is -2.39. The van der Waals surface area contributed by atoms with E-state index in [1.807, 2.05) is 24.4 Å². The van der Waals surface area contributed by atoms with E-state index in [2.05, 4.69) is 20.9 Å². The van der Waals surface area contributed by atoms with Crippen LogP contribution in [0.2, 0.25) is 0 Å². The van der Waals surface area contributed by atoms with Gasteiger partial charge in [0.05, 0.1) is 0 Å². The molecule has 1 rings (SSSR count). The normalized spacial score (nSPS) is 9.15. The Kier molecular flexibility index (Phi) is 8.78. The molecular weight excluding hydrogens is 330 g/mol. The van der Waals surface area contributed by atoms with Crippen LogP contribution in [0.25, 0.3) is 0 Å². The van der Waals surface area contributed by atoms with Gasteiger partial charge in [0.1, 0.15) is 0 Å². The molecule has 0 bridgehead atoms. The minimum absolute atomic E-state index is 0. The van der Waals surface area contributed by atoms with E-state index in [1.54, 1.807) is 0 Å². The molecule has 0 aliphatic carbocycles. The summed E-state index contributed by atoms with van der Waals surface area (Å²) in [5.74, 6) is 0. The summed E-state index contributed by atoms with van der Waals surface area (Å²) in [5, 5.41) is 0. The zero-order valence-electron chi connectivity index (χ0n) is 6.18. The van der Waals surface area contributed by atoms with Gasteiger partial charge in [-0.05, 0) is 6.07 Å². The maximum Gasteiger partial charge on any atom is 0.394 e. The number of nitrogens with one attached hydrogen (secondary N) is 1. The van der Waals surface area contributed by atoms with Gasteiger partial charge in [0.25, 0.3) is 0 Å². The number of halogens is 2. The fourth-order valence-corrected chi connectivity index (χ4v) is 0.656. The zero-order chi connectivity index (χ0) is 9.61. The summed E-state index contributed by atoms with van der Waals surface area (Å²) in [4.78, 5) is 2.95. The average Bonchev–Trinajstić information content (AvgIpc) is 1.85. The second-order valence-corrected chi connectivity index (χ2v) is 3.41. The molecule has 1 aromatic rings. The van der Waals surface area contributed by atoms with Gasteiger partial charge in [-0.15, -0.1) is 0 Å². The van der Waals surface area contributed by atoms with Crippen LogP contribution in [0.1, 0.15) is 0 Å². The molecule has 0 aliphatic heterocycles. The third kappa shape index (κ3) is 18.7. The molecule has 5 nitrogen and oxygen atoms in total. The number of hydrogen-bond donors (Lipinski definition) is 2.